The zero-order valence-electron chi connectivity index (χ0n) is 11.2. The quantitative estimate of drug-likeness (QED) is 0.679. The summed E-state index contributed by atoms with van der Waals surface area (Å²) in [5.41, 5.74) is 2.10. The van der Waals surface area contributed by atoms with Gasteiger partial charge in [-0.05, 0) is 44.2 Å². The van der Waals surface area contributed by atoms with Gasteiger partial charge >= 0.3 is 0 Å². The maximum Gasteiger partial charge on any atom is 0.266 e. The van der Waals surface area contributed by atoms with E-state index in [4.69, 9.17) is 0 Å². The van der Waals surface area contributed by atoms with Gasteiger partial charge in [-0.2, -0.15) is 0 Å². The number of aromatic nitrogens is 2. The zero-order valence-corrected chi connectivity index (χ0v) is 11.2. The second-order valence-electron chi connectivity index (χ2n) is 4.80. The van der Waals surface area contributed by atoms with Gasteiger partial charge in [0.05, 0.1) is 16.6 Å². The summed E-state index contributed by atoms with van der Waals surface area (Å²) in [6.45, 7) is 3.75. The van der Waals surface area contributed by atoms with Crippen LogP contribution in [-0.4, -0.2) is 9.55 Å². The number of hydrogen-bond donors (Lipinski definition) is 0. The highest BCUT2D eigenvalue weighted by Crippen LogP contribution is 2.14. The Hall–Kier alpha value is -2.49. The van der Waals surface area contributed by atoms with Crippen LogP contribution in [0.4, 0.5) is 4.39 Å². The van der Waals surface area contributed by atoms with Gasteiger partial charge in [0.15, 0.2) is 0 Å². The summed E-state index contributed by atoms with van der Waals surface area (Å²) < 4.78 is 14.8. The van der Waals surface area contributed by atoms with Crippen LogP contribution in [0.1, 0.15) is 11.4 Å². The van der Waals surface area contributed by atoms with Crippen molar-refractivity contribution in [2.45, 2.75) is 13.8 Å². The van der Waals surface area contributed by atoms with E-state index in [0.29, 0.717) is 11.3 Å². The highest BCUT2D eigenvalue weighted by atomic mass is 19.1. The Bertz CT molecular complexity index is 851. The van der Waals surface area contributed by atoms with Crippen LogP contribution in [0.15, 0.2) is 47.3 Å². The van der Waals surface area contributed by atoms with Crippen LogP contribution >= 0.6 is 0 Å². The average molecular weight is 268 g/mol. The van der Waals surface area contributed by atoms with Crippen LogP contribution in [0.2, 0.25) is 0 Å². The topological polar surface area (TPSA) is 34.9 Å². The molecule has 0 radical (unpaired) electrons. The van der Waals surface area contributed by atoms with Crippen molar-refractivity contribution >= 4 is 10.9 Å². The largest absolute Gasteiger partial charge is 0.268 e. The van der Waals surface area contributed by atoms with Crippen LogP contribution in [0.3, 0.4) is 0 Å². The van der Waals surface area contributed by atoms with Crippen LogP contribution in [-0.2, 0) is 0 Å². The molecule has 0 bridgehead atoms. The van der Waals surface area contributed by atoms with Gasteiger partial charge in [-0.25, -0.2) is 9.37 Å². The summed E-state index contributed by atoms with van der Waals surface area (Å²) in [5.74, 6) is 0.147. The molecule has 3 aromatic rings. The van der Waals surface area contributed by atoms with Gasteiger partial charge in [0, 0.05) is 0 Å². The van der Waals surface area contributed by atoms with Gasteiger partial charge in [0.2, 0.25) is 0 Å². The smallest absolute Gasteiger partial charge is 0.266 e. The lowest BCUT2D eigenvalue weighted by molar-refractivity contribution is 0.629. The minimum absolute atomic E-state index is 0.254. The van der Waals surface area contributed by atoms with Crippen molar-refractivity contribution in [2.75, 3.05) is 0 Å². The third-order valence-electron chi connectivity index (χ3n) is 3.29. The fourth-order valence-electron chi connectivity index (χ4n) is 2.27. The molecule has 0 unspecified atom stereocenters. The lowest BCUT2D eigenvalue weighted by Crippen LogP contribution is -2.22. The summed E-state index contributed by atoms with van der Waals surface area (Å²) in [5, 5.41) is 0.288. The number of fused-ring (bicyclic) bond motifs is 1. The molecule has 1 aromatic heterocycles. The van der Waals surface area contributed by atoms with E-state index in [2.05, 4.69) is 4.98 Å². The molecule has 20 heavy (non-hydrogen) atoms. The molecule has 4 heteroatoms. The lowest BCUT2D eigenvalue weighted by atomic mass is 10.2. The predicted molar refractivity (Wildman–Crippen MR) is 76.8 cm³/mol. The molecule has 3 nitrogen and oxygen atoms in total. The second kappa shape index (κ2) is 4.56. The van der Waals surface area contributed by atoms with Crippen molar-refractivity contribution in [3.8, 4) is 5.69 Å². The SMILES string of the molecule is Cc1ccc(-n2c(C)nc3ccc(F)cc3c2=O)cc1. The molecular weight excluding hydrogens is 255 g/mol. The number of nitrogens with zero attached hydrogens (tertiary/aromatic N) is 2. The highest BCUT2D eigenvalue weighted by molar-refractivity contribution is 5.78. The zero-order chi connectivity index (χ0) is 14.3. The normalized spacial score (nSPS) is 10.9. The first-order chi connectivity index (χ1) is 9.56. The van der Waals surface area contributed by atoms with Crippen molar-refractivity contribution in [3.05, 3.63) is 70.0 Å². The first kappa shape index (κ1) is 12.5. The third kappa shape index (κ3) is 1.99. The third-order valence-corrected chi connectivity index (χ3v) is 3.29. The number of aryl methyl sites for hydroxylation is 2. The molecule has 0 N–H and O–H groups in total. The van der Waals surface area contributed by atoms with Gasteiger partial charge in [-0.3, -0.25) is 9.36 Å². The van der Waals surface area contributed by atoms with Crippen molar-refractivity contribution in [1.82, 2.24) is 9.55 Å². The molecule has 100 valence electrons. The number of halogens is 1. The van der Waals surface area contributed by atoms with E-state index in [1.165, 1.54) is 22.8 Å². The maximum atomic E-state index is 13.3. The van der Waals surface area contributed by atoms with E-state index in [1.807, 2.05) is 31.2 Å². The molecule has 0 spiro atoms. The van der Waals surface area contributed by atoms with Gasteiger partial charge in [-0.1, -0.05) is 17.7 Å². The van der Waals surface area contributed by atoms with Crippen LogP contribution in [0, 0.1) is 19.7 Å². The predicted octanol–water partition coefficient (Wildman–Crippen LogP) is 3.14. The first-order valence-electron chi connectivity index (χ1n) is 6.32. The number of rotatable bonds is 1. The summed E-state index contributed by atoms with van der Waals surface area (Å²) >= 11 is 0. The Balaban J connectivity index is 2.36. The molecule has 0 saturated heterocycles. The van der Waals surface area contributed by atoms with Crippen LogP contribution in [0.25, 0.3) is 16.6 Å². The van der Waals surface area contributed by atoms with Gasteiger partial charge < -0.3 is 0 Å². The minimum Gasteiger partial charge on any atom is -0.268 e. The molecule has 0 amide bonds. The van der Waals surface area contributed by atoms with Gasteiger partial charge in [-0.15, -0.1) is 0 Å². The monoisotopic (exact) mass is 268 g/mol. The molecule has 2 aromatic carbocycles. The van der Waals surface area contributed by atoms with Crippen molar-refractivity contribution in [3.63, 3.8) is 0 Å². The Morgan fingerprint density at radius 3 is 2.45 bits per heavy atom. The minimum atomic E-state index is -0.435. The molecule has 0 saturated carbocycles. The Kier molecular flexibility index (Phi) is 2.86. The van der Waals surface area contributed by atoms with E-state index in [-0.39, 0.29) is 10.9 Å². The van der Waals surface area contributed by atoms with Gasteiger partial charge in [0.25, 0.3) is 5.56 Å². The van der Waals surface area contributed by atoms with E-state index in [1.54, 1.807) is 6.92 Å². The van der Waals surface area contributed by atoms with Gasteiger partial charge in [0.1, 0.15) is 11.6 Å². The van der Waals surface area contributed by atoms with E-state index >= 15 is 0 Å². The standard InChI is InChI=1S/C16H13FN2O/c1-10-3-6-13(7-4-10)19-11(2)18-15-8-5-12(17)9-14(15)16(19)20/h3-9H,1-2H3. The van der Waals surface area contributed by atoms with Crippen LogP contribution < -0.4 is 5.56 Å². The molecule has 0 fully saturated rings. The van der Waals surface area contributed by atoms with Crippen LogP contribution in [0.5, 0.6) is 0 Å². The van der Waals surface area contributed by atoms with E-state index in [9.17, 15) is 9.18 Å². The first-order valence-corrected chi connectivity index (χ1v) is 6.32. The van der Waals surface area contributed by atoms with E-state index < -0.39 is 5.82 Å². The highest BCUT2D eigenvalue weighted by Gasteiger charge is 2.10. The van der Waals surface area contributed by atoms with E-state index in [0.717, 1.165) is 11.3 Å². The molecule has 0 aliphatic heterocycles. The maximum absolute atomic E-state index is 13.3. The summed E-state index contributed by atoms with van der Waals surface area (Å²) in [6, 6.07) is 11.6. The summed E-state index contributed by atoms with van der Waals surface area (Å²) in [6.07, 6.45) is 0. The molecule has 1 heterocycles. The Morgan fingerprint density at radius 1 is 1.05 bits per heavy atom. The second-order valence-corrected chi connectivity index (χ2v) is 4.80. The number of benzene rings is 2. The van der Waals surface area contributed by atoms with Crippen molar-refractivity contribution in [1.29, 1.82) is 0 Å². The van der Waals surface area contributed by atoms with Crippen molar-refractivity contribution < 1.29 is 4.39 Å². The fraction of sp³-hybridized carbons (Fsp3) is 0.125. The summed E-state index contributed by atoms with van der Waals surface area (Å²) in [7, 11) is 0. The molecule has 0 aliphatic rings. The molecule has 0 aliphatic carbocycles. The lowest BCUT2D eigenvalue weighted by Gasteiger charge is -2.11. The summed E-state index contributed by atoms with van der Waals surface area (Å²) in [4.78, 5) is 16.9. The average Bonchev–Trinajstić information content (AvgIpc) is 2.42. The molecule has 3 rings (SSSR count). The van der Waals surface area contributed by atoms with Crippen molar-refractivity contribution in [2.24, 2.45) is 0 Å². The molecular formula is C16H13FN2O. The number of hydrogen-bond acceptors (Lipinski definition) is 2. The Morgan fingerprint density at radius 2 is 1.75 bits per heavy atom. The fourth-order valence-corrected chi connectivity index (χ4v) is 2.27. The Labute approximate surface area is 115 Å². The molecule has 0 atom stereocenters.